The first kappa shape index (κ1) is 14.2. The van der Waals surface area contributed by atoms with Gasteiger partial charge in [0.15, 0.2) is 5.65 Å². The predicted molar refractivity (Wildman–Crippen MR) is 84.2 cm³/mol. The molecule has 3 heterocycles. The summed E-state index contributed by atoms with van der Waals surface area (Å²) in [7, 11) is 0. The summed E-state index contributed by atoms with van der Waals surface area (Å²) >= 11 is 0. The number of rotatable bonds is 2. The van der Waals surface area contributed by atoms with Crippen molar-refractivity contribution in [2.24, 2.45) is 0 Å². The molecule has 1 aliphatic heterocycles. The molecule has 1 aliphatic carbocycles. The standard InChI is InChI=1S/C15H20N6O2/c22-14(18-10-3-1-2-4-10)20-6-5-11(8-20)21-13-12(19-15(21)23)7-16-9-17-13/h7,9-11H,1-6,8H2,(H,18,22)(H,19,23). The van der Waals surface area contributed by atoms with Gasteiger partial charge >= 0.3 is 11.7 Å². The fraction of sp³-hybridized carbons (Fsp3) is 0.600. The third-order valence-electron chi connectivity index (χ3n) is 4.88. The van der Waals surface area contributed by atoms with Crippen LogP contribution in [0.5, 0.6) is 0 Å². The minimum Gasteiger partial charge on any atom is -0.335 e. The zero-order valence-corrected chi connectivity index (χ0v) is 12.9. The molecule has 2 fully saturated rings. The van der Waals surface area contributed by atoms with E-state index in [2.05, 4.69) is 20.3 Å². The Morgan fingerprint density at radius 3 is 2.96 bits per heavy atom. The van der Waals surface area contributed by atoms with Gasteiger partial charge < -0.3 is 15.2 Å². The number of amides is 2. The Labute approximate surface area is 132 Å². The highest BCUT2D eigenvalue weighted by atomic mass is 16.2. The number of imidazole rings is 1. The summed E-state index contributed by atoms with van der Waals surface area (Å²) in [5, 5.41) is 3.10. The zero-order valence-electron chi connectivity index (χ0n) is 12.9. The minimum absolute atomic E-state index is 0.0121. The van der Waals surface area contributed by atoms with Crippen molar-refractivity contribution in [1.29, 1.82) is 0 Å². The van der Waals surface area contributed by atoms with Crippen molar-refractivity contribution in [3.63, 3.8) is 0 Å². The maximum absolute atomic E-state index is 12.4. The topological polar surface area (TPSA) is 95.9 Å². The first-order valence-electron chi connectivity index (χ1n) is 8.18. The molecule has 0 bridgehead atoms. The molecule has 1 unspecified atom stereocenters. The fourth-order valence-corrected chi connectivity index (χ4v) is 3.69. The van der Waals surface area contributed by atoms with Crippen LogP contribution >= 0.6 is 0 Å². The van der Waals surface area contributed by atoms with Gasteiger partial charge in [-0.3, -0.25) is 4.57 Å². The zero-order chi connectivity index (χ0) is 15.8. The molecule has 2 aliphatic rings. The molecular weight excluding hydrogens is 296 g/mol. The van der Waals surface area contributed by atoms with Crippen LogP contribution in [0, 0.1) is 0 Å². The van der Waals surface area contributed by atoms with Crippen LogP contribution in [-0.4, -0.2) is 49.6 Å². The number of nitrogens with one attached hydrogen (secondary N) is 2. The number of likely N-dealkylation sites (tertiary alicyclic amines) is 1. The van der Waals surface area contributed by atoms with Crippen LogP contribution in [-0.2, 0) is 0 Å². The van der Waals surface area contributed by atoms with Gasteiger partial charge in [0.2, 0.25) is 0 Å². The van der Waals surface area contributed by atoms with Crippen molar-refractivity contribution in [1.82, 2.24) is 29.7 Å². The van der Waals surface area contributed by atoms with E-state index in [0.29, 0.717) is 30.3 Å². The molecule has 23 heavy (non-hydrogen) atoms. The van der Waals surface area contributed by atoms with E-state index in [4.69, 9.17) is 0 Å². The average molecular weight is 316 g/mol. The summed E-state index contributed by atoms with van der Waals surface area (Å²) in [5.41, 5.74) is 1.04. The van der Waals surface area contributed by atoms with Crippen molar-refractivity contribution in [3.05, 3.63) is 23.0 Å². The van der Waals surface area contributed by atoms with Crippen LogP contribution in [0.1, 0.15) is 38.1 Å². The Hall–Kier alpha value is -2.38. The molecule has 0 spiro atoms. The summed E-state index contributed by atoms with van der Waals surface area (Å²) < 4.78 is 1.65. The lowest BCUT2D eigenvalue weighted by molar-refractivity contribution is 0.203. The van der Waals surface area contributed by atoms with E-state index in [9.17, 15) is 9.59 Å². The first-order valence-corrected chi connectivity index (χ1v) is 8.18. The highest BCUT2D eigenvalue weighted by molar-refractivity contribution is 5.75. The van der Waals surface area contributed by atoms with E-state index in [0.717, 1.165) is 19.3 Å². The van der Waals surface area contributed by atoms with E-state index in [1.54, 1.807) is 15.7 Å². The maximum Gasteiger partial charge on any atom is 0.328 e. The Morgan fingerprint density at radius 1 is 1.30 bits per heavy atom. The second-order valence-corrected chi connectivity index (χ2v) is 6.38. The molecule has 4 rings (SSSR count). The second kappa shape index (κ2) is 5.68. The normalized spacial score (nSPS) is 22.1. The van der Waals surface area contributed by atoms with Crippen LogP contribution in [0.2, 0.25) is 0 Å². The molecule has 0 radical (unpaired) electrons. The number of carbonyl (C=O) groups excluding carboxylic acids is 1. The Morgan fingerprint density at radius 2 is 2.13 bits per heavy atom. The van der Waals surface area contributed by atoms with Gasteiger partial charge in [0.05, 0.1) is 12.2 Å². The molecule has 122 valence electrons. The summed E-state index contributed by atoms with van der Waals surface area (Å²) in [4.78, 5) is 37.3. The van der Waals surface area contributed by atoms with Gasteiger partial charge in [0, 0.05) is 19.1 Å². The lowest BCUT2D eigenvalue weighted by Crippen LogP contribution is -2.43. The first-order chi connectivity index (χ1) is 11.2. The Bertz CT molecular complexity index is 776. The summed E-state index contributed by atoms with van der Waals surface area (Å²) in [6, 6.07) is 0.257. The molecule has 2 aromatic rings. The molecule has 1 saturated heterocycles. The monoisotopic (exact) mass is 316 g/mol. The fourth-order valence-electron chi connectivity index (χ4n) is 3.69. The van der Waals surface area contributed by atoms with Crippen molar-refractivity contribution in [2.45, 2.75) is 44.2 Å². The van der Waals surface area contributed by atoms with E-state index < -0.39 is 0 Å². The summed E-state index contributed by atoms with van der Waals surface area (Å²) in [6.45, 7) is 1.20. The molecule has 2 aromatic heterocycles. The van der Waals surface area contributed by atoms with Crippen molar-refractivity contribution < 1.29 is 4.79 Å². The molecule has 8 nitrogen and oxygen atoms in total. The van der Waals surface area contributed by atoms with Crippen molar-refractivity contribution >= 4 is 17.2 Å². The highest BCUT2D eigenvalue weighted by Gasteiger charge is 2.31. The number of H-pyrrole nitrogens is 1. The number of aromatic amines is 1. The van der Waals surface area contributed by atoms with E-state index in [1.807, 2.05) is 0 Å². The summed E-state index contributed by atoms with van der Waals surface area (Å²) in [6.07, 6.45) is 8.32. The van der Waals surface area contributed by atoms with Crippen LogP contribution in [0.4, 0.5) is 4.79 Å². The summed E-state index contributed by atoms with van der Waals surface area (Å²) in [5.74, 6) is 0. The largest absolute Gasteiger partial charge is 0.335 e. The third-order valence-corrected chi connectivity index (χ3v) is 4.88. The minimum atomic E-state index is -0.191. The molecule has 0 aromatic carbocycles. The maximum atomic E-state index is 12.4. The lowest BCUT2D eigenvalue weighted by Gasteiger charge is -2.20. The van der Waals surface area contributed by atoms with Crippen LogP contribution in [0.25, 0.3) is 11.2 Å². The van der Waals surface area contributed by atoms with Gasteiger partial charge in [-0.15, -0.1) is 0 Å². The van der Waals surface area contributed by atoms with Crippen LogP contribution < -0.4 is 11.0 Å². The molecule has 8 heteroatoms. The lowest BCUT2D eigenvalue weighted by atomic mass is 10.2. The van der Waals surface area contributed by atoms with Gasteiger partial charge in [-0.2, -0.15) is 0 Å². The number of carbonyl (C=O) groups is 1. The number of urea groups is 1. The van der Waals surface area contributed by atoms with Gasteiger partial charge in [0.1, 0.15) is 11.8 Å². The Balaban J connectivity index is 1.50. The molecule has 1 atom stereocenters. The number of hydrogen-bond acceptors (Lipinski definition) is 4. The Kier molecular flexibility index (Phi) is 3.51. The number of aromatic nitrogens is 4. The van der Waals surface area contributed by atoms with Crippen molar-refractivity contribution in [3.8, 4) is 0 Å². The van der Waals surface area contributed by atoms with E-state index >= 15 is 0 Å². The molecule has 2 N–H and O–H groups in total. The van der Waals surface area contributed by atoms with Crippen LogP contribution in [0.15, 0.2) is 17.3 Å². The molecular formula is C15H20N6O2. The predicted octanol–water partition coefficient (Wildman–Crippen LogP) is 1.02. The number of hydrogen-bond donors (Lipinski definition) is 2. The average Bonchev–Trinajstić information content (AvgIpc) is 3.25. The van der Waals surface area contributed by atoms with Gasteiger partial charge in [-0.05, 0) is 19.3 Å². The molecule has 1 saturated carbocycles. The number of nitrogens with zero attached hydrogens (tertiary/aromatic N) is 4. The highest BCUT2D eigenvalue weighted by Crippen LogP contribution is 2.24. The van der Waals surface area contributed by atoms with Gasteiger partial charge in [0.25, 0.3) is 0 Å². The quantitative estimate of drug-likeness (QED) is 0.864. The smallest absolute Gasteiger partial charge is 0.328 e. The van der Waals surface area contributed by atoms with Crippen LogP contribution in [0.3, 0.4) is 0 Å². The molecule has 2 amide bonds. The van der Waals surface area contributed by atoms with Crippen molar-refractivity contribution in [2.75, 3.05) is 13.1 Å². The van der Waals surface area contributed by atoms with E-state index in [1.165, 1.54) is 19.2 Å². The van der Waals surface area contributed by atoms with E-state index in [-0.39, 0.29) is 17.8 Å². The van der Waals surface area contributed by atoms with Gasteiger partial charge in [-0.25, -0.2) is 19.6 Å². The third kappa shape index (κ3) is 2.58. The van der Waals surface area contributed by atoms with Gasteiger partial charge in [-0.1, -0.05) is 12.8 Å². The SMILES string of the molecule is O=C(NC1CCCC1)N1CCC(n2c(=O)[nH]c3cncnc32)C1. The number of fused-ring (bicyclic) bond motifs is 1. The second-order valence-electron chi connectivity index (χ2n) is 6.38.